The highest BCUT2D eigenvalue weighted by molar-refractivity contribution is 9.10. The van der Waals surface area contributed by atoms with Gasteiger partial charge in [0.25, 0.3) is 0 Å². The fourth-order valence-corrected chi connectivity index (χ4v) is 6.69. The number of anilines is 2. The van der Waals surface area contributed by atoms with Crippen molar-refractivity contribution in [2.75, 3.05) is 46.8 Å². The third-order valence-corrected chi connectivity index (χ3v) is 9.58. The van der Waals surface area contributed by atoms with Crippen molar-refractivity contribution in [1.82, 2.24) is 25.2 Å². The Morgan fingerprint density at radius 2 is 1.43 bits per heavy atom. The van der Waals surface area contributed by atoms with Crippen molar-refractivity contribution in [2.24, 2.45) is 16.5 Å². The third-order valence-electron chi connectivity index (χ3n) is 8.60. The van der Waals surface area contributed by atoms with Crippen LogP contribution in [0.2, 0.25) is 0 Å². The number of methoxy groups -OCH3 is 2. The van der Waals surface area contributed by atoms with Gasteiger partial charge in [-0.1, -0.05) is 42.2 Å². The minimum absolute atomic E-state index is 0.0145. The van der Waals surface area contributed by atoms with E-state index in [4.69, 9.17) is 39.5 Å². The number of ether oxygens (including phenoxy) is 4. The number of benzene rings is 2. The number of fused-ring (bicyclic) bond motifs is 4. The number of allylic oxidation sites excluding steroid dienone is 1. The van der Waals surface area contributed by atoms with Gasteiger partial charge in [-0.15, -0.1) is 0 Å². The molecule has 0 saturated heterocycles. The Morgan fingerprint density at radius 1 is 0.850 bits per heavy atom. The fraction of sp³-hybridized carbons (Fsp3) is 0.300. The van der Waals surface area contributed by atoms with Crippen molar-refractivity contribution >= 4 is 72.9 Å². The van der Waals surface area contributed by atoms with Crippen LogP contribution in [0.15, 0.2) is 77.4 Å². The van der Waals surface area contributed by atoms with E-state index < -0.39 is 11.9 Å². The number of rotatable bonds is 10. The Hall–Kier alpha value is -6.28. The maximum Gasteiger partial charge on any atom is 0.377 e. The molecular weight excluding hydrogens is 910 g/mol. The van der Waals surface area contributed by atoms with E-state index >= 15 is 0 Å². The molecule has 3 heterocycles. The highest BCUT2D eigenvalue weighted by Crippen LogP contribution is 2.36. The number of ketones is 1. The average Bonchev–Trinajstić information content (AvgIpc) is 3.87. The van der Waals surface area contributed by atoms with E-state index in [-0.39, 0.29) is 42.2 Å². The quantitative estimate of drug-likeness (QED) is 0.0570. The summed E-state index contributed by atoms with van der Waals surface area (Å²) in [6.45, 7) is 3.99. The highest BCUT2D eigenvalue weighted by Gasteiger charge is 2.33. The van der Waals surface area contributed by atoms with Crippen molar-refractivity contribution < 1.29 is 42.4 Å². The molecule has 3 aromatic heterocycles. The van der Waals surface area contributed by atoms with Gasteiger partial charge in [0.15, 0.2) is 11.7 Å². The van der Waals surface area contributed by atoms with Crippen LogP contribution in [0.4, 0.5) is 17.3 Å². The number of carbonyl (C=O) groups is 3. The summed E-state index contributed by atoms with van der Waals surface area (Å²) in [4.78, 5) is 50.6. The molecule has 316 valence electrons. The summed E-state index contributed by atoms with van der Waals surface area (Å²) in [5, 5.41) is 10.9. The number of aromatic nitrogens is 4. The monoisotopic (exact) mass is 951 g/mol. The third kappa shape index (κ3) is 10.9. The molecule has 18 nitrogen and oxygen atoms in total. The lowest BCUT2D eigenvalue weighted by molar-refractivity contribution is 0.0469. The number of nitrogens with two attached hydrogens (primary N) is 2. The molecule has 0 amide bonds. The first-order valence-corrected chi connectivity index (χ1v) is 20.0. The van der Waals surface area contributed by atoms with Gasteiger partial charge >= 0.3 is 11.9 Å². The molecule has 0 unspecified atom stereocenters. The summed E-state index contributed by atoms with van der Waals surface area (Å²) in [7, 11) is 6.86. The van der Waals surface area contributed by atoms with Gasteiger partial charge in [0.2, 0.25) is 23.3 Å². The predicted molar refractivity (Wildman–Crippen MR) is 228 cm³/mol. The molecule has 0 spiro atoms. The first kappa shape index (κ1) is 44.8. The largest absolute Gasteiger partial charge is 0.495 e. The minimum Gasteiger partial charge on any atom is -0.495 e. The second kappa shape index (κ2) is 20.6. The molecule has 5 aromatic rings. The smallest absolute Gasteiger partial charge is 0.377 e. The summed E-state index contributed by atoms with van der Waals surface area (Å²) in [6, 6.07) is 11.0. The molecule has 20 heteroatoms. The Balaban J connectivity index is 0.000000185. The van der Waals surface area contributed by atoms with Crippen molar-refractivity contribution in [3.8, 4) is 22.9 Å². The van der Waals surface area contributed by atoms with Crippen molar-refractivity contribution in [3.05, 3.63) is 97.2 Å². The normalized spacial score (nSPS) is 12.9. The minimum atomic E-state index is -0.566. The van der Waals surface area contributed by atoms with E-state index in [1.54, 1.807) is 52.6 Å². The number of halogens is 2. The van der Waals surface area contributed by atoms with Crippen LogP contribution >= 0.6 is 31.9 Å². The molecular formula is C40H43Br2N9O9. The van der Waals surface area contributed by atoms with Gasteiger partial charge in [-0.05, 0) is 81.5 Å². The van der Waals surface area contributed by atoms with Crippen molar-refractivity contribution in [2.45, 2.75) is 39.5 Å². The SMILES string of the molecule is CCOC(=O)c1onc2c1CC/C(=C\N(C)C)C2=O.CCOC(=O)c1onc2c1CCc1cnc(Nc3ccc(Br)cc3OC)nc1-2.COc1cc(Br)ccc1N=C(N)N. The molecule has 5 N–H and O–H groups in total. The van der Waals surface area contributed by atoms with Gasteiger partial charge in [0.1, 0.15) is 28.6 Å². The molecule has 0 radical (unpaired) electrons. The van der Waals surface area contributed by atoms with E-state index in [0.717, 1.165) is 25.8 Å². The number of hydrogen-bond donors (Lipinski definition) is 3. The number of esters is 2. The van der Waals surface area contributed by atoms with Crippen molar-refractivity contribution in [1.29, 1.82) is 0 Å². The first-order valence-electron chi connectivity index (χ1n) is 18.4. The standard InChI is InChI=1S/C19H17BrN4O4.C13H16N2O4.C8H10BrN3O/c1-3-27-18(25)17-12-6-4-10-9-21-19(23-15(10)16(12)24-28-17)22-13-7-5-11(20)8-14(13)26-2;1-4-18-13(17)12-9-6-5-8(7-15(2)3)11(16)10(9)14-19-12;1-13-7-4-5(9)2-3-6(7)12-8(10)11/h5,7-9H,3-4,6H2,1-2H3,(H,21,22,23);7H,4-6H2,1-3H3;2-4H,1H3,(H4,10,11,12)/b;8-7+;. The maximum absolute atomic E-state index is 12.2. The Bertz CT molecular complexity index is 2420. The zero-order chi connectivity index (χ0) is 43.5. The first-order chi connectivity index (χ1) is 28.8. The van der Waals surface area contributed by atoms with Crippen LogP contribution in [0.5, 0.6) is 11.5 Å². The van der Waals surface area contributed by atoms with Crippen LogP contribution in [0.25, 0.3) is 11.4 Å². The molecule has 2 aliphatic rings. The van der Waals surface area contributed by atoms with E-state index in [1.807, 2.05) is 43.3 Å². The number of aliphatic imine (C=N–C) groups is 1. The zero-order valence-corrected chi connectivity index (χ0v) is 36.8. The lowest BCUT2D eigenvalue weighted by Crippen LogP contribution is -2.21. The van der Waals surface area contributed by atoms with Crippen LogP contribution < -0.4 is 26.3 Å². The molecule has 0 fully saturated rings. The average molecular weight is 954 g/mol. The number of aryl methyl sites for hydroxylation is 1. The van der Waals surface area contributed by atoms with Crippen LogP contribution in [0, 0.1) is 0 Å². The molecule has 60 heavy (non-hydrogen) atoms. The molecule has 2 aliphatic carbocycles. The summed E-state index contributed by atoms with van der Waals surface area (Å²) >= 11 is 6.73. The summed E-state index contributed by atoms with van der Waals surface area (Å²) in [5.41, 5.74) is 16.2. The topological polar surface area (TPSA) is 246 Å². The summed E-state index contributed by atoms with van der Waals surface area (Å²) < 4.78 is 32.4. The molecule has 7 rings (SSSR count). The van der Waals surface area contributed by atoms with Gasteiger partial charge in [0, 0.05) is 52.1 Å². The summed E-state index contributed by atoms with van der Waals surface area (Å²) in [6.07, 6.45) is 5.96. The predicted octanol–water partition coefficient (Wildman–Crippen LogP) is 6.71. The van der Waals surface area contributed by atoms with Gasteiger partial charge in [0.05, 0.1) is 33.1 Å². The van der Waals surface area contributed by atoms with Crippen molar-refractivity contribution in [3.63, 3.8) is 0 Å². The highest BCUT2D eigenvalue weighted by atomic mass is 79.9. The van der Waals surface area contributed by atoms with E-state index in [9.17, 15) is 14.4 Å². The lowest BCUT2D eigenvalue weighted by atomic mass is 9.91. The van der Waals surface area contributed by atoms with Gasteiger partial charge < -0.3 is 49.7 Å². The van der Waals surface area contributed by atoms with E-state index in [1.165, 1.54) is 0 Å². The fourth-order valence-electron chi connectivity index (χ4n) is 6.01. The van der Waals surface area contributed by atoms with Gasteiger partial charge in [-0.3, -0.25) is 4.79 Å². The zero-order valence-electron chi connectivity index (χ0n) is 33.6. The second-order valence-corrected chi connectivity index (χ2v) is 14.8. The maximum atomic E-state index is 12.2. The molecule has 0 saturated carbocycles. The number of hydrogen-bond acceptors (Lipinski definition) is 16. The van der Waals surface area contributed by atoms with Gasteiger partial charge in [-0.2, -0.15) is 0 Å². The molecule has 0 bridgehead atoms. The van der Waals surface area contributed by atoms with Crippen LogP contribution in [-0.2, 0) is 28.7 Å². The van der Waals surface area contributed by atoms with E-state index in [0.29, 0.717) is 71.3 Å². The van der Waals surface area contributed by atoms with E-state index in [2.05, 4.69) is 62.5 Å². The van der Waals surface area contributed by atoms with Crippen LogP contribution in [-0.4, -0.2) is 90.4 Å². The van der Waals surface area contributed by atoms with Crippen LogP contribution in [0.3, 0.4) is 0 Å². The van der Waals surface area contributed by atoms with Gasteiger partial charge in [-0.25, -0.2) is 24.5 Å². The summed E-state index contributed by atoms with van der Waals surface area (Å²) in [5.74, 6) is 0.628. The number of Topliss-reactive ketones (excluding diaryl/α,β-unsaturated/α-hetero) is 1. The molecule has 0 aliphatic heterocycles. The second-order valence-electron chi connectivity index (χ2n) is 13.0. The number of nitrogens with one attached hydrogen (secondary N) is 1. The lowest BCUT2D eigenvalue weighted by Gasteiger charge is -2.15. The van der Waals surface area contributed by atoms with Crippen LogP contribution in [0.1, 0.15) is 68.6 Å². The Labute approximate surface area is 361 Å². The Morgan fingerprint density at radius 3 is 2.03 bits per heavy atom. The number of nitrogens with zero attached hydrogens (tertiary/aromatic N) is 6. The molecule has 0 atom stereocenters. The molecule has 2 aromatic carbocycles. The number of guanidine groups is 1. The Kier molecular flexibility index (Phi) is 15.4. The number of carbonyl (C=O) groups excluding carboxylic acids is 3.